The molecular weight excluding hydrogens is 352 g/mol. The number of hydrogen-bond donors (Lipinski definition) is 0. The van der Waals surface area contributed by atoms with E-state index in [9.17, 15) is 22.4 Å². The average molecular weight is 364 g/mol. The molecule has 0 saturated carbocycles. The summed E-state index contributed by atoms with van der Waals surface area (Å²) in [7, 11) is 1.30. The number of nitrogens with zero attached hydrogens (tertiary/aromatic N) is 4. The Morgan fingerprint density at radius 1 is 1.12 bits per heavy atom. The maximum atomic E-state index is 13.6. The molecule has 0 atom stereocenters. The number of amides is 1. The fourth-order valence-corrected chi connectivity index (χ4v) is 2.39. The lowest BCUT2D eigenvalue weighted by atomic mass is 10.2. The predicted molar refractivity (Wildman–Crippen MR) is 85.5 cm³/mol. The molecule has 0 unspecified atom stereocenters. The second-order valence-electron chi connectivity index (χ2n) is 5.34. The molecule has 0 radical (unpaired) electrons. The van der Waals surface area contributed by atoms with Crippen molar-refractivity contribution in [3.05, 3.63) is 71.9 Å². The lowest BCUT2D eigenvalue weighted by Gasteiger charge is -2.18. The molecule has 1 aromatic carbocycles. The minimum atomic E-state index is -4.83. The normalized spacial score (nSPS) is 11.4. The summed E-state index contributed by atoms with van der Waals surface area (Å²) in [6.07, 6.45) is -2.66. The van der Waals surface area contributed by atoms with Gasteiger partial charge in [0.1, 0.15) is 5.82 Å². The van der Waals surface area contributed by atoms with Crippen LogP contribution in [0, 0.1) is 5.82 Å². The molecule has 0 saturated heterocycles. The molecule has 0 aliphatic heterocycles. The summed E-state index contributed by atoms with van der Waals surface area (Å²) < 4.78 is 54.4. The zero-order valence-electron chi connectivity index (χ0n) is 13.4. The number of pyridine rings is 1. The second kappa shape index (κ2) is 6.58. The van der Waals surface area contributed by atoms with Gasteiger partial charge in [-0.1, -0.05) is 6.07 Å². The van der Waals surface area contributed by atoms with E-state index in [4.69, 9.17) is 0 Å². The van der Waals surface area contributed by atoms with Gasteiger partial charge in [0, 0.05) is 18.9 Å². The first-order valence-corrected chi connectivity index (χ1v) is 7.39. The van der Waals surface area contributed by atoms with E-state index in [1.807, 2.05) is 0 Å². The first-order chi connectivity index (χ1) is 12.3. The zero-order chi connectivity index (χ0) is 18.9. The maximum Gasteiger partial charge on any atom is 0.434 e. The van der Waals surface area contributed by atoms with E-state index in [1.54, 1.807) is 6.07 Å². The van der Waals surface area contributed by atoms with Crippen molar-refractivity contribution < 1.29 is 22.4 Å². The highest BCUT2D eigenvalue weighted by atomic mass is 19.4. The Balaban J connectivity index is 2.06. The Morgan fingerprint density at radius 2 is 1.81 bits per heavy atom. The van der Waals surface area contributed by atoms with Gasteiger partial charge in [0.25, 0.3) is 5.91 Å². The standard InChI is InChI=1S/C17H12F4N4O/c1-24(12-7-5-11(18)6-8-12)16(26)13-10-23-25(15(13)17(19,20)21)14-4-2-3-9-22-14/h2-10H,1H3. The number of rotatable bonds is 3. The largest absolute Gasteiger partial charge is 0.434 e. The molecule has 2 aromatic heterocycles. The van der Waals surface area contributed by atoms with Crippen LogP contribution in [0.2, 0.25) is 0 Å². The van der Waals surface area contributed by atoms with E-state index in [0.717, 1.165) is 23.2 Å². The van der Waals surface area contributed by atoms with E-state index in [0.29, 0.717) is 4.68 Å². The van der Waals surface area contributed by atoms with Gasteiger partial charge in [0.15, 0.2) is 11.5 Å². The number of anilines is 1. The van der Waals surface area contributed by atoms with Crippen LogP contribution in [0.15, 0.2) is 54.9 Å². The highest BCUT2D eigenvalue weighted by Crippen LogP contribution is 2.34. The van der Waals surface area contributed by atoms with Crippen molar-refractivity contribution in [1.82, 2.24) is 14.8 Å². The third kappa shape index (κ3) is 3.28. The van der Waals surface area contributed by atoms with E-state index >= 15 is 0 Å². The van der Waals surface area contributed by atoms with Gasteiger partial charge in [-0.05, 0) is 36.4 Å². The third-order valence-corrected chi connectivity index (χ3v) is 3.65. The van der Waals surface area contributed by atoms with Crippen molar-refractivity contribution in [2.75, 3.05) is 11.9 Å². The van der Waals surface area contributed by atoms with Gasteiger partial charge in [0.05, 0.1) is 11.8 Å². The quantitative estimate of drug-likeness (QED) is 0.666. The predicted octanol–water partition coefficient (Wildman–Crippen LogP) is 3.70. The average Bonchev–Trinajstić information content (AvgIpc) is 3.07. The van der Waals surface area contributed by atoms with Crippen LogP contribution in [0.1, 0.15) is 16.1 Å². The molecule has 9 heteroatoms. The summed E-state index contributed by atoms with van der Waals surface area (Å²) >= 11 is 0. The molecular formula is C17H12F4N4O. The minimum absolute atomic E-state index is 0.0664. The summed E-state index contributed by atoms with van der Waals surface area (Å²) in [5, 5.41) is 3.69. The molecule has 2 heterocycles. The lowest BCUT2D eigenvalue weighted by molar-refractivity contribution is -0.143. The fourth-order valence-electron chi connectivity index (χ4n) is 2.39. The summed E-state index contributed by atoms with van der Waals surface area (Å²) in [6.45, 7) is 0. The Kier molecular flexibility index (Phi) is 4.45. The smallest absolute Gasteiger partial charge is 0.311 e. The number of carbonyl (C=O) groups is 1. The van der Waals surface area contributed by atoms with Gasteiger partial charge in [-0.2, -0.15) is 18.3 Å². The topological polar surface area (TPSA) is 51.0 Å². The van der Waals surface area contributed by atoms with Crippen molar-refractivity contribution in [3.8, 4) is 5.82 Å². The molecule has 0 fully saturated rings. The minimum Gasteiger partial charge on any atom is -0.311 e. The molecule has 5 nitrogen and oxygen atoms in total. The Bertz CT molecular complexity index is 920. The van der Waals surface area contributed by atoms with Crippen LogP contribution in [0.5, 0.6) is 0 Å². The molecule has 134 valence electrons. The van der Waals surface area contributed by atoms with E-state index in [-0.39, 0.29) is 11.5 Å². The lowest BCUT2D eigenvalue weighted by Crippen LogP contribution is -2.29. The number of halogens is 4. The van der Waals surface area contributed by atoms with Gasteiger partial charge in [-0.3, -0.25) is 4.79 Å². The van der Waals surface area contributed by atoms with E-state index in [1.165, 1.54) is 37.5 Å². The van der Waals surface area contributed by atoms with Crippen LogP contribution in [-0.2, 0) is 6.18 Å². The van der Waals surface area contributed by atoms with Crippen LogP contribution < -0.4 is 4.90 Å². The van der Waals surface area contributed by atoms with Gasteiger partial charge < -0.3 is 4.90 Å². The van der Waals surface area contributed by atoms with Gasteiger partial charge >= 0.3 is 6.18 Å². The Morgan fingerprint density at radius 3 is 2.38 bits per heavy atom. The van der Waals surface area contributed by atoms with Crippen molar-refractivity contribution in [2.45, 2.75) is 6.18 Å². The highest BCUT2D eigenvalue weighted by molar-refractivity contribution is 6.06. The molecule has 3 aromatic rings. The number of aromatic nitrogens is 3. The molecule has 0 aliphatic carbocycles. The van der Waals surface area contributed by atoms with Crippen LogP contribution >= 0.6 is 0 Å². The zero-order valence-corrected chi connectivity index (χ0v) is 13.4. The number of carbonyl (C=O) groups excluding carboxylic acids is 1. The van der Waals surface area contributed by atoms with Crippen LogP contribution in [-0.4, -0.2) is 27.7 Å². The molecule has 3 rings (SSSR count). The highest BCUT2D eigenvalue weighted by Gasteiger charge is 2.41. The van der Waals surface area contributed by atoms with Gasteiger partial charge in [-0.25, -0.2) is 14.1 Å². The fraction of sp³-hybridized carbons (Fsp3) is 0.118. The SMILES string of the molecule is CN(C(=O)c1cnn(-c2ccccn2)c1C(F)(F)F)c1ccc(F)cc1. The molecule has 0 spiro atoms. The van der Waals surface area contributed by atoms with Crippen LogP contribution in [0.25, 0.3) is 5.82 Å². The van der Waals surface area contributed by atoms with Crippen LogP contribution in [0.4, 0.5) is 23.2 Å². The molecule has 1 amide bonds. The molecule has 26 heavy (non-hydrogen) atoms. The maximum absolute atomic E-state index is 13.6. The van der Waals surface area contributed by atoms with Crippen molar-refractivity contribution in [2.24, 2.45) is 0 Å². The molecule has 0 N–H and O–H groups in total. The van der Waals surface area contributed by atoms with Crippen molar-refractivity contribution >= 4 is 11.6 Å². The third-order valence-electron chi connectivity index (χ3n) is 3.65. The number of alkyl halides is 3. The van der Waals surface area contributed by atoms with Gasteiger partial charge in [0.2, 0.25) is 0 Å². The summed E-state index contributed by atoms with van der Waals surface area (Å²) in [5.41, 5.74) is -1.61. The van der Waals surface area contributed by atoms with Crippen LogP contribution in [0.3, 0.4) is 0 Å². The number of hydrogen-bond acceptors (Lipinski definition) is 3. The summed E-state index contributed by atoms with van der Waals surface area (Å²) in [6, 6.07) is 9.22. The van der Waals surface area contributed by atoms with Crippen molar-refractivity contribution in [1.29, 1.82) is 0 Å². The second-order valence-corrected chi connectivity index (χ2v) is 5.34. The summed E-state index contributed by atoms with van der Waals surface area (Å²) in [5.74, 6) is -1.51. The number of benzene rings is 1. The Labute approximate surface area is 145 Å². The Hall–Kier alpha value is -3.23. The van der Waals surface area contributed by atoms with E-state index in [2.05, 4.69) is 10.1 Å². The first-order valence-electron chi connectivity index (χ1n) is 7.39. The molecule has 0 bridgehead atoms. The van der Waals surface area contributed by atoms with E-state index < -0.39 is 29.2 Å². The monoisotopic (exact) mass is 364 g/mol. The first kappa shape index (κ1) is 17.6. The van der Waals surface area contributed by atoms with Gasteiger partial charge in [-0.15, -0.1) is 0 Å². The summed E-state index contributed by atoms with van der Waals surface area (Å²) in [4.78, 5) is 17.4. The van der Waals surface area contributed by atoms with Crippen molar-refractivity contribution in [3.63, 3.8) is 0 Å². The molecule has 0 aliphatic rings.